The summed E-state index contributed by atoms with van der Waals surface area (Å²) >= 11 is 1.05. The fourth-order valence-electron chi connectivity index (χ4n) is 1.15. The lowest BCUT2D eigenvalue weighted by Gasteiger charge is -2.09. The van der Waals surface area contributed by atoms with Gasteiger partial charge in [-0.2, -0.15) is 0 Å². The lowest BCUT2D eigenvalue weighted by molar-refractivity contribution is -0.134. The zero-order chi connectivity index (χ0) is 12.8. The summed E-state index contributed by atoms with van der Waals surface area (Å²) in [6.45, 7) is 3.06. The molecule has 0 fully saturated rings. The van der Waals surface area contributed by atoms with Gasteiger partial charge in [0.1, 0.15) is 0 Å². The van der Waals surface area contributed by atoms with Crippen LogP contribution in [0.15, 0.2) is 18.2 Å². The number of benzene rings is 1. The second-order valence-corrected chi connectivity index (χ2v) is 4.49. The molecule has 0 aliphatic heterocycles. The highest BCUT2D eigenvalue weighted by Crippen LogP contribution is 2.27. The summed E-state index contributed by atoms with van der Waals surface area (Å²) in [4.78, 5) is 22.0. The topological polar surface area (TPSA) is 43.4 Å². The fourth-order valence-corrected chi connectivity index (χ4v) is 1.73. The van der Waals surface area contributed by atoms with Crippen molar-refractivity contribution in [3.05, 3.63) is 29.6 Å². The zero-order valence-corrected chi connectivity index (χ0v) is 10.5. The number of halogens is 1. The van der Waals surface area contributed by atoms with Crippen LogP contribution in [0.4, 0.5) is 4.39 Å². The van der Waals surface area contributed by atoms with E-state index >= 15 is 0 Å². The standard InChI is InChI=1S/C12H13FO3S/c1-3-11(15)16-12-9(7-17-8(2)14)5-4-6-10(12)13/h4-6H,3,7H2,1-2H3. The molecule has 0 spiro atoms. The number of hydrogen-bond acceptors (Lipinski definition) is 4. The molecule has 0 radical (unpaired) electrons. The number of para-hydroxylation sites is 1. The van der Waals surface area contributed by atoms with Gasteiger partial charge in [0.25, 0.3) is 0 Å². The third-order valence-electron chi connectivity index (χ3n) is 1.98. The van der Waals surface area contributed by atoms with Crippen LogP contribution in [-0.2, 0) is 15.3 Å². The molecule has 5 heteroatoms. The molecule has 0 saturated heterocycles. The molecular formula is C12H13FO3S. The minimum Gasteiger partial charge on any atom is -0.423 e. The second kappa shape index (κ2) is 6.39. The molecule has 0 aliphatic carbocycles. The van der Waals surface area contributed by atoms with Crippen molar-refractivity contribution in [1.82, 2.24) is 0 Å². The van der Waals surface area contributed by atoms with Gasteiger partial charge in [0.15, 0.2) is 16.7 Å². The van der Waals surface area contributed by atoms with Crippen molar-refractivity contribution in [2.24, 2.45) is 0 Å². The number of ether oxygens (including phenoxy) is 1. The van der Waals surface area contributed by atoms with Gasteiger partial charge in [-0.3, -0.25) is 9.59 Å². The summed E-state index contributed by atoms with van der Waals surface area (Å²) < 4.78 is 18.4. The molecule has 0 aromatic heterocycles. The lowest BCUT2D eigenvalue weighted by atomic mass is 10.2. The van der Waals surface area contributed by atoms with Crippen LogP contribution in [0.1, 0.15) is 25.8 Å². The summed E-state index contributed by atoms with van der Waals surface area (Å²) in [7, 11) is 0. The first-order chi connectivity index (χ1) is 8.04. The summed E-state index contributed by atoms with van der Waals surface area (Å²) in [6.07, 6.45) is 0.174. The van der Waals surface area contributed by atoms with Gasteiger partial charge in [0, 0.05) is 24.7 Å². The van der Waals surface area contributed by atoms with Crippen LogP contribution in [0.2, 0.25) is 0 Å². The van der Waals surface area contributed by atoms with Crippen molar-refractivity contribution >= 4 is 22.8 Å². The van der Waals surface area contributed by atoms with Gasteiger partial charge in [0.2, 0.25) is 0 Å². The highest BCUT2D eigenvalue weighted by atomic mass is 32.2. The Morgan fingerprint density at radius 2 is 2.12 bits per heavy atom. The maximum absolute atomic E-state index is 13.5. The monoisotopic (exact) mass is 256 g/mol. The SMILES string of the molecule is CCC(=O)Oc1c(F)cccc1CSC(C)=O. The predicted molar refractivity (Wildman–Crippen MR) is 64.3 cm³/mol. The molecule has 0 atom stereocenters. The van der Waals surface area contributed by atoms with E-state index in [2.05, 4.69) is 0 Å². The van der Waals surface area contributed by atoms with Crippen molar-refractivity contribution in [2.45, 2.75) is 26.0 Å². The first-order valence-corrected chi connectivity index (χ1v) is 6.14. The minimum atomic E-state index is -0.589. The van der Waals surface area contributed by atoms with Gasteiger partial charge >= 0.3 is 5.97 Å². The normalized spacial score (nSPS) is 10.1. The van der Waals surface area contributed by atoms with Crippen LogP contribution in [0, 0.1) is 5.82 Å². The first kappa shape index (κ1) is 13.7. The maximum atomic E-state index is 13.5. The molecule has 3 nitrogen and oxygen atoms in total. The van der Waals surface area contributed by atoms with E-state index in [1.165, 1.54) is 19.1 Å². The first-order valence-electron chi connectivity index (χ1n) is 5.16. The molecule has 92 valence electrons. The average Bonchev–Trinajstić information content (AvgIpc) is 2.29. The summed E-state index contributed by atoms with van der Waals surface area (Å²) in [6, 6.07) is 4.38. The van der Waals surface area contributed by atoms with E-state index in [-0.39, 0.29) is 17.3 Å². The van der Waals surface area contributed by atoms with Crippen molar-refractivity contribution in [1.29, 1.82) is 0 Å². The Morgan fingerprint density at radius 3 is 2.71 bits per heavy atom. The molecule has 0 bridgehead atoms. The molecule has 1 aromatic rings. The van der Waals surface area contributed by atoms with Gasteiger partial charge in [0.05, 0.1) is 0 Å². The van der Waals surface area contributed by atoms with Gasteiger partial charge in [-0.25, -0.2) is 4.39 Å². The van der Waals surface area contributed by atoms with Crippen molar-refractivity contribution < 1.29 is 18.7 Å². The number of carbonyl (C=O) groups excluding carboxylic acids is 2. The highest BCUT2D eigenvalue weighted by molar-refractivity contribution is 8.12. The highest BCUT2D eigenvalue weighted by Gasteiger charge is 2.13. The molecular weight excluding hydrogens is 243 g/mol. The Kier molecular flexibility index (Phi) is 5.15. The molecule has 0 heterocycles. The minimum absolute atomic E-state index is 0.0676. The van der Waals surface area contributed by atoms with E-state index in [4.69, 9.17) is 4.74 Å². The Labute approximate surface area is 103 Å². The van der Waals surface area contributed by atoms with Crippen LogP contribution in [-0.4, -0.2) is 11.1 Å². The molecule has 1 aromatic carbocycles. The predicted octanol–water partition coefficient (Wildman–Crippen LogP) is 2.92. The Bertz CT molecular complexity index is 432. The lowest BCUT2D eigenvalue weighted by Crippen LogP contribution is -2.08. The van der Waals surface area contributed by atoms with Crippen LogP contribution < -0.4 is 4.74 Å². The summed E-state index contributed by atoms with van der Waals surface area (Å²) in [5, 5.41) is -0.0676. The Balaban J connectivity index is 2.91. The number of hydrogen-bond donors (Lipinski definition) is 0. The maximum Gasteiger partial charge on any atom is 0.311 e. The second-order valence-electron chi connectivity index (χ2n) is 3.34. The molecule has 0 unspecified atom stereocenters. The molecule has 0 aliphatic rings. The van der Waals surface area contributed by atoms with Crippen LogP contribution in [0.5, 0.6) is 5.75 Å². The molecule has 1 rings (SSSR count). The van der Waals surface area contributed by atoms with E-state index in [1.54, 1.807) is 13.0 Å². The van der Waals surface area contributed by atoms with E-state index in [9.17, 15) is 14.0 Å². The quantitative estimate of drug-likeness (QED) is 0.613. The van der Waals surface area contributed by atoms with Crippen LogP contribution >= 0.6 is 11.8 Å². The van der Waals surface area contributed by atoms with Gasteiger partial charge in [-0.1, -0.05) is 30.8 Å². The van der Waals surface area contributed by atoms with E-state index in [1.807, 2.05) is 0 Å². The third kappa shape index (κ3) is 4.19. The van der Waals surface area contributed by atoms with Gasteiger partial charge < -0.3 is 4.74 Å². The summed E-state index contributed by atoms with van der Waals surface area (Å²) in [5.74, 6) is -0.870. The smallest absolute Gasteiger partial charge is 0.311 e. The largest absolute Gasteiger partial charge is 0.423 e. The van der Waals surface area contributed by atoms with Crippen LogP contribution in [0.3, 0.4) is 0 Å². The number of thioether (sulfide) groups is 1. The number of rotatable bonds is 4. The van der Waals surface area contributed by atoms with E-state index in [0.717, 1.165) is 11.8 Å². The molecule has 0 amide bonds. The van der Waals surface area contributed by atoms with E-state index < -0.39 is 11.8 Å². The van der Waals surface area contributed by atoms with Gasteiger partial charge in [-0.15, -0.1) is 0 Å². The van der Waals surface area contributed by atoms with Crippen molar-refractivity contribution in [3.8, 4) is 5.75 Å². The van der Waals surface area contributed by atoms with E-state index in [0.29, 0.717) is 11.3 Å². The van der Waals surface area contributed by atoms with Crippen molar-refractivity contribution in [3.63, 3.8) is 0 Å². The third-order valence-corrected chi connectivity index (χ3v) is 2.85. The molecule has 17 heavy (non-hydrogen) atoms. The molecule has 0 saturated carbocycles. The van der Waals surface area contributed by atoms with Crippen LogP contribution in [0.25, 0.3) is 0 Å². The van der Waals surface area contributed by atoms with Gasteiger partial charge in [-0.05, 0) is 6.07 Å². The average molecular weight is 256 g/mol. The zero-order valence-electron chi connectivity index (χ0n) is 9.66. The Morgan fingerprint density at radius 1 is 1.41 bits per heavy atom. The number of carbonyl (C=O) groups is 2. The Hall–Kier alpha value is -1.36. The molecule has 0 N–H and O–H groups in total. The summed E-state index contributed by atoms with van der Waals surface area (Å²) in [5.41, 5.74) is 0.506. The van der Waals surface area contributed by atoms with Crippen molar-refractivity contribution in [2.75, 3.05) is 0 Å². The fraction of sp³-hybridized carbons (Fsp3) is 0.333. The number of esters is 1.